The minimum Gasteiger partial charge on any atom is -0.496 e. The summed E-state index contributed by atoms with van der Waals surface area (Å²) < 4.78 is 11.3. The molecule has 0 spiro atoms. The lowest BCUT2D eigenvalue weighted by Gasteiger charge is -2.16. The molecule has 140 valence electrons. The monoisotopic (exact) mass is 353 g/mol. The first-order valence-corrected chi connectivity index (χ1v) is 9.82. The van der Waals surface area contributed by atoms with Crippen molar-refractivity contribution in [2.75, 3.05) is 26.9 Å². The second-order valence-corrected chi connectivity index (χ2v) is 7.22. The molecule has 0 heterocycles. The molecule has 1 atom stereocenters. The van der Waals surface area contributed by atoms with E-state index in [9.17, 15) is 0 Å². The topological polar surface area (TPSA) is 30.5 Å². The molecule has 1 aliphatic carbocycles. The van der Waals surface area contributed by atoms with Gasteiger partial charge >= 0.3 is 0 Å². The molecule has 0 bridgehead atoms. The van der Waals surface area contributed by atoms with E-state index >= 15 is 0 Å². The summed E-state index contributed by atoms with van der Waals surface area (Å²) >= 11 is 0. The summed E-state index contributed by atoms with van der Waals surface area (Å²) in [5.41, 5.74) is 3.60. The first kappa shape index (κ1) is 18.9. The standard InChI is InChI=1S/C23H31NO2/c1-18(24-15-16-26-17-19-7-3-4-8-19)20-11-13-21(14-12-20)22-9-5-6-10-23(22)25-2/h5-6,9-14,18-19,24H,3-4,7-8,15-17H2,1-2H3. The zero-order valence-electron chi connectivity index (χ0n) is 16.0. The molecule has 1 unspecified atom stereocenters. The molecule has 3 nitrogen and oxygen atoms in total. The Balaban J connectivity index is 1.46. The minimum absolute atomic E-state index is 0.316. The Hall–Kier alpha value is -1.84. The van der Waals surface area contributed by atoms with Gasteiger partial charge in [0.15, 0.2) is 0 Å². The van der Waals surface area contributed by atoms with Crippen molar-refractivity contribution >= 4 is 0 Å². The smallest absolute Gasteiger partial charge is 0.126 e. The van der Waals surface area contributed by atoms with E-state index in [0.717, 1.165) is 37.0 Å². The Bertz CT molecular complexity index is 662. The van der Waals surface area contributed by atoms with Crippen molar-refractivity contribution in [3.05, 3.63) is 54.1 Å². The van der Waals surface area contributed by atoms with Crippen molar-refractivity contribution in [2.24, 2.45) is 5.92 Å². The predicted molar refractivity (Wildman–Crippen MR) is 108 cm³/mol. The maximum absolute atomic E-state index is 5.83. The highest BCUT2D eigenvalue weighted by Gasteiger charge is 2.14. The van der Waals surface area contributed by atoms with Gasteiger partial charge in [-0.25, -0.2) is 0 Å². The average Bonchev–Trinajstić information content (AvgIpc) is 3.21. The van der Waals surface area contributed by atoms with E-state index in [-0.39, 0.29) is 0 Å². The molecule has 0 saturated heterocycles. The Kier molecular flexibility index (Phi) is 7.10. The molecule has 2 aromatic rings. The average molecular weight is 354 g/mol. The largest absolute Gasteiger partial charge is 0.496 e. The highest BCUT2D eigenvalue weighted by atomic mass is 16.5. The molecule has 0 aromatic heterocycles. The number of para-hydroxylation sites is 1. The van der Waals surface area contributed by atoms with E-state index in [4.69, 9.17) is 9.47 Å². The number of ether oxygens (including phenoxy) is 2. The van der Waals surface area contributed by atoms with Gasteiger partial charge in [0.05, 0.1) is 13.7 Å². The van der Waals surface area contributed by atoms with Crippen molar-refractivity contribution in [3.8, 4) is 16.9 Å². The van der Waals surface area contributed by atoms with Crippen molar-refractivity contribution in [3.63, 3.8) is 0 Å². The molecule has 0 radical (unpaired) electrons. The molecule has 2 aromatic carbocycles. The Labute approximate surface area is 157 Å². The highest BCUT2D eigenvalue weighted by Crippen LogP contribution is 2.30. The van der Waals surface area contributed by atoms with Crippen LogP contribution in [0.1, 0.15) is 44.2 Å². The zero-order valence-corrected chi connectivity index (χ0v) is 16.0. The maximum atomic E-state index is 5.83. The fourth-order valence-electron chi connectivity index (χ4n) is 3.73. The van der Waals surface area contributed by atoms with Crippen molar-refractivity contribution in [2.45, 2.75) is 38.6 Å². The van der Waals surface area contributed by atoms with Crippen LogP contribution in [0.4, 0.5) is 0 Å². The lowest BCUT2D eigenvalue weighted by Crippen LogP contribution is -2.24. The van der Waals surface area contributed by atoms with Crippen LogP contribution in [-0.2, 0) is 4.74 Å². The molecule has 3 heteroatoms. The number of nitrogens with one attached hydrogen (secondary N) is 1. The molecule has 1 aliphatic rings. The third-order valence-corrected chi connectivity index (χ3v) is 5.35. The molecule has 1 N–H and O–H groups in total. The summed E-state index contributed by atoms with van der Waals surface area (Å²) in [5.74, 6) is 1.71. The van der Waals surface area contributed by atoms with E-state index in [1.54, 1.807) is 7.11 Å². The molecule has 0 aliphatic heterocycles. The summed E-state index contributed by atoms with van der Waals surface area (Å²) in [4.78, 5) is 0. The van der Waals surface area contributed by atoms with Gasteiger partial charge in [0, 0.05) is 24.8 Å². The predicted octanol–water partition coefficient (Wildman–Crippen LogP) is 5.22. The number of methoxy groups -OCH3 is 1. The van der Waals surface area contributed by atoms with Crippen LogP contribution in [-0.4, -0.2) is 26.9 Å². The van der Waals surface area contributed by atoms with Crippen LogP contribution in [0.25, 0.3) is 11.1 Å². The van der Waals surface area contributed by atoms with E-state index < -0.39 is 0 Å². The Morgan fingerprint density at radius 3 is 2.50 bits per heavy atom. The van der Waals surface area contributed by atoms with Gasteiger partial charge in [-0.3, -0.25) is 0 Å². The molecule has 1 fully saturated rings. The second kappa shape index (κ2) is 9.75. The second-order valence-electron chi connectivity index (χ2n) is 7.22. The number of hydrogen-bond acceptors (Lipinski definition) is 3. The van der Waals surface area contributed by atoms with E-state index in [1.807, 2.05) is 18.2 Å². The molecular weight excluding hydrogens is 322 g/mol. The van der Waals surface area contributed by atoms with Gasteiger partial charge in [0.1, 0.15) is 5.75 Å². The first-order valence-electron chi connectivity index (χ1n) is 9.82. The van der Waals surface area contributed by atoms with Crippen molar-refractivity contribution in [1.82, 2.24) is 5.32 Å². The number of rotatable bonds is 9. The molecule has 0 amide bonds. The Morgan fingerprint density at radius 1 is 1.04 bits per heavy atom. The van der Waals surface area contributed by atoms with Gasteiger partial charge in [0.2, 0.25) is 0 Å². The first-order chi connectivity index (χ1) is 12.8. The normalized spacial score (nSPS) is 15.9. The van der Waals surface area contributed by atoms with Crippen molar-refractivity contribution < 1.29 is 9.47 Å². The van der Waals surface area contributed by atoms with Gasteiger partial charge in [-0.1, -0.05) is 55.3 Å². The molecule has 1 saturated carbocycles. The zero-order chi connectivity index (χ0) is 18.2. The van der Waals surface area contributed by atoms with Crippen LogP contribution in [0.3, 0.4) is 0 Å². The molecule has 3 rings (SSSR count). The van der Waals surface area contributed by atoms with Crippen molar-refractivity contribution in [1.29, 1.82) is 0 Å². The highest BCUT2D eigenvalue weighted by molar-refractivity contribution is 5.70. The van der Waals surface area contributed by atoms with Gasteiger partial charge < -0.3 is 14.8 Å². The third-order valence-electron chi connectivity index (χ3n) is 5.35. The van der Waals surface area contributed by atoms with Crippen LogP contribution in [0, 0.1) is 5.92 Å². The summed E-state index contributed by atoms with van der Waals surface area (Å²) in [6.07, 6.45) is 5.47. The quantitative estimate of drug-likeness (QED) is 0.627. The number of hydrogen-bond donors (Lipinski definition) is 1. The summed E-state index contributed by atoms with van der Waals surface area (Å²) in [7, 11) is 1.72. The molecular formula is C23H31NO2. The lowest BCUT2D eigenvalue weighted by atomic mass is 10.0. The van der Waals surface area contributed by atoms with E-state index in [0.29, 0.717) is 6.04 Å². The Morgan fingerprint density at radius 2 is 1.77 bits per heavy atom. The fraction of sp³-hybridized carbons (Fsp3) is 0.478. The van der Waals surface area contributed by atoms with Crippen LogP contribution < -0.4 is 10.1 Å². The van der Waals surface area contributed by atoms with E-state index in [2.05, 4.69) is 42.6 Å². The van der Waals surface area contributed by atoms with Crippen LogP contribution in [0.5, 0.6) is 5.75 Å². The lowest BCUT2D eigenvalue weighted by molar-refractivity contribution is 0.102. The maximum Gasteiger partial charge on any atom is 0.126 e. The molecule has 26 heavy (non-hydrogen) atoms. The third kappa shape index (κ3) is 5.09. The van der Waals surface area contributed by atoms with Crippen LogP contribution >= 0.6 is 0 Å². The van der Waals surface area contributed by atoms with Gasteiger partial charge in [-0.05, 0) is 42.9 Å². The van der Waals surface area contributed by atoms with Gasteiger partial charge in [-0.2, -0.15) is 0 Å². The SMILES string of the molecule is COc1ccccc1-c1ccc(C(C)NCCOCC2CCCC2)cc1. The minimum atomic E-state index is 0.316. The van der Waals surface area contributed by atoms with Gasteiger partial charge in [-0.15, -0.1) is 0 Å². The summed E-state index contributed by atoms with van der Waals surface area (Å²) in [6, 6.07) is 17.2. The van der Waals surface area contributed by atoms with Crippen LogP contribution in [0.2, 0.25) is 0 Å². The summed E-state index contributed by atoms with van der Waals surface area (Å²) in [5, 5.41) is 3.56. The number of benzene rings is 2. The summed E-state index contributed by atoms with van der Waals surface area (Å²) in [6.45, 7) is 4.82. The van der Waals surface area contributed by atoms with E-state index in [1.165, 1.54) is 36.8 Å². The fourth-order valence-corrected chi connectivity index (χ4v) is 3.73. The van der Waals surface area contributed by atoms with Gasteiger partial charge in [0.25, 0.3) is 0 Å². The van der Waals surface area contributed by atoms with Crippen LogP contribution in [0.15, 0.2) is 48.5 Å².